The molecule has 1 aliphatic rings. The lowest BCUT2D eigenvalue weighted by molar-refractivity contribution is -0.132. The van der Waals surface area contributed by atoms with Crippen molar-refractivity contribution in [3.63, 3.8) is 0 Å². The maximum atomic E-state index is 13.5. The predicted molar refractivity (Wildman–Crippen MR) is 144 cm³/mol. The molecule has 0 spiro atoms. The molecule has 0 aliphatic carbocycles. The normalized spacial score (nSPS) is 16.7. The van der Waals surface area contributed by atoms with E-state index in [-0.39, 0.29) is 27.7 Å². The van der Waals surface area contributed by atoms with E-state index in [2.05, 4.69) is 9.97 Å². The van der Waals surface area contributed by atoms with E-state index in [0.717, 1.165) is 16.9 Å². The average Bonchev–Trinajstić information content (AvgIpc) is 3.55. The Labute approximate surface area is 227 Å². The highest BCUT2D eigenvalue weighted by atomic mass is 32.1. The van der Waals surface area contributed by atoms with Gasteiger partial charge in [0, 0.05) is 13.1 Å². The van der Waals surface area contributed by atoms with Gasteiger partial charge in [-0.05, 0) is 50.1 Å². The van der Waals surface area contributed by atoms with E-state index in [1.54, 1.807) is 36.6 Å². The van der Waals surface area contributed by atoms with Crippen LogP contribution in [0.25, 0.3) is 11.4 Å². The Morgan fingerprint density at radius 3 is 2.33 bits per heavy atom. The van der Waals surface area contributed by atoms with Crippen molar-refractivity contribution in [1.82, 2.24) is 14.4 Å². The van der Waals surface area contributed by atoms with Gasteiger partial charge in [0.15, 0.2) is 16.7 Å². The number of amides is 1. The Morgan fingerprint density at radius 1 is 1.05 bits per heavy atom. The summed E-state index contributed by atoms with van der Waals surface area (Å²) >= 11 is 0.993. The standard InChI is InChI=1S/C28H24N4O6S/c1-13-7-6-12-31-15(3)20(30-25(13)31)22(34)19-21(17-8-10-18(11-9-17)27(37)38-5)32(26(36)23(19)35)28-29-14(2)24(39-28)16(4)33/h6-12,21,34H,1-5H3/b22-19+. The molecule has 0 bridgehead atoms. The first-order valence-electron chi connectivity index (χ1n) is 12.0. The number of thiazole rings is 1. The van der Waals surface area contributed by atoms with Gasteiger partial charge >= 0.3 is 11.9 Å². The molecule has 1 aliphatic heterocycles. The van der Waals surface area contributed by atoms with Crippen LogP contribution in [0.4, 0.5) is 5.13 Å². The number of methoxy groups -OCH3 is 1. The highest BCUT2D eigenvalue weighted by molar-refractivity contribution is 7.18. The number of fused-ring (bicyclic) bond motifs is 1. The molecule has 39 heavy (non-hydrogen) atoms. The smallest absolute Gasteiger partial charge is 0.337 e. The number of hydrogen-bond donors (Lipinski definition) is 1. The van der Waals surface area contributed by atoms with Crippen molar-refractivity contribution < 1.29 is 29.0 Å². The Kier molecular flexibility index (Phi) is 6.39. The number of rotatable bonds is 5. The maximum Gasteiger partial charge on any atom is 0.337 e. The number of imidazole rings is 1. The second kappa shape index (κ2) is 9.59. The van der Waals surface area contributed by atoms with Crippen molar-refractivity contribution in [3.05, 3.63) is 86.8 Å². The van der Waals surface area contributed by atoms with Crippen molar-refractivity contribution >= 4 is 51.3 Å². The minimum Gasteiger partial charge on any atom is -0.505 e. The van der Waals surface area contributed by atoms with E-state index in [1.165, 1.54) is 31.1 Å². The molecule has 1 fully saturated rings. The zero-order chi connectivity index (χ0) is 28.2. The van der Waals surface area contributed by atoms with Gasteiger partial charge in [-0.25, -0.2) is 14.8 Å². The fourth-order valence-corrected chi connectivity index (χ4v) is 5.74. The number of anilines is 1. The molecular weight excluding hydrogens is 520 g/mol. The number of aryl methyl sites for hydroxylation is 3. The Morgan fingerprint density at radius 2 is 1.74 bits per heavy atom. The highest BCUT2D eigenvalue weighted by Gasteiger charge is 2.49. The number of ether oxygens (including phenoxy) is 1. The molecule has 5 rings (SSSR count). The van der Waals surface area contributed by atoms with Crippen molar-refractivity contribution in [2.45, 2.75) is 33.7 Å². The molecule has 1 atom stereocenters. The SMILES string of the molecule is COC(=O)c1ccc(C2/C(=C(\O)c3nc4c(C)cccn4c3C)C(=O)C(=O)N2c2nc(C)c(C(C)=O)s2)cc1. The van der Waals surface area contributed by atoms with Gasteiger partial charge in [0.2, 0.25) is 0 Å². The van der Waals surface area contributed by atoms with Crippen LogP contribution in [0, 0.1) is 20.8 Å². The van der Waals surface area contributed by atoms with Gasteiger partial charge < -0.3 is 14.2 Å². The summed E-state index contributed by atoms with van der Waals surface area (Å²) < 4.78 is 6.57. The largest absolute Gasteiger partial charge is 0.505 e. The molecule has 10 nitrogen and oxygen atoms in total. The number of nitrogens with zero attached hydrogens (tertiary/aromatic N) is 4. The fraction of sp³-hybridized carbons (Fsp3) is 0.214. The lowest BCUT2D eigenvalue weighted by Crippen LogP contribution is -2.29. The van der Waals surface area contributed by atoms with Crippen LogP contribution in [-0.2, 0) is 14.3 Å². The number of ketones is 2. The first-order valence-corrected chi connectivity index (χ1v) is 12.8. The van der Waals surface area contributed by atoms with Crippen LogP contribution < -0.4 is 4.90 Å². The lowest BCUT2D eigenvalue weighted by Gasteiger charge is -2.23. The minimum absolute atomic E-state index is 0.142. The summed E-state index contributed by atoms with van der Waals surface area (Å²) in [6.07, 6.45) is 1.80. The second-order valence-electron chi connectivity index (χ2n) is 9.18. The number of aliphatic hydroxyl groups excluding tert-OH is 1. The van der Waals surface area contributed by atoms with Crippen LogP contribution in [0.15, 0.2) is 48.2 Å². The number of carbonyl (C=O) groups excluding carboxylic acids is 4. The number of aliphatic hydroxyl groups is 1. The molecule has 1 aromatic carbocycles. The minimum atomic E-state index is -1.09. The third kappa shape index (κ3) is 4.11. The van der Waals surface area contributed by atoms with Gasteiger partial charge in [-0.2, -0.15) is 0 Å². The van der Waals surface area contributed by atoms with Crippen LogP contribution in [0.5, 0.6) is 0 Å². The van der Waals surface area contributed by atoms with E-state index in [9.17, 15) is 24.3 Å². The van der Waals surface area contributed by atoms with Gasteiger partial charge in [-0.3, -0.25) is 19.3 Å². The monoisotopic (exact) mass is 544 g/mol. The van der Waals surface area contributed by atoms with E-state index in [0.29, 0.717) is 27.5 Å². The third-order valence-electron chi connectivity index (χ3n) is 6.71. The quantitative estimate of drug-likeness (QED) is 0.129. The van der Waals surface area contributed by atoms with Gasteiger partial charge in [0.05, 0.1) is 40.6 Å². The summed E-state index contributed by atoms with van der Waals surface area (Å²) in [5.41, 5.74) is 3.19. The number of esters is 1. The third-order valence-corrected chi connectivity index (χ3v) is 7.97. The summed E-state index contributed by atoms with van der Waals surface area (Å²) in [6, 6.07) is 8.81. The number of hydrogen-bond acceptors (Lipinski definition) is 9. The fourth-order valence-electron chi connectivity index (χ4n) is 4.75. The molecule has 1 N–H and O–H groups in total. The summed E-state index contributed by atoms with van der Waals surface area (Å²) in [6.45, 7) is 6.68. The highest BCUT2D eigenvalue weighted by Crippen LogP contribution is 2.44. The molecule has 1 saturated heterocycles. The van der Waals surface area contributed by atoms with Crippen molar-refractivity contribution in [3.8, 4) is 0 Å². The number of Topliss-reactive ketones (excluding diaryl/α,β-unsaturated/α-hetero) is 2. The molecule has 1 unspecified atom stereocenters. The van der Waals surface area contributed by atoms with Crippen molar-refractivity contribution in [1.29, 1.82) is 0 Å². The molecule has 0 radical (unpaired) electrons. The molecule has 198 valence electrons. The lowest BCUT2D eigenvalue weighted by atomic mass is 9.95. The van der Waals surface area contributed by atoms with E-state index >= 15 is 0 Å². The summed E-state index contributed by atoms with van der Waals surface area (Å²) in [5, 5.41) is 11.7. The number of aromatic nitrogens is 3. The Balaban J connectivity index is 1.75. The van der Waals surface area contributed by atoms with Crippen LogP contribution in [0.1, 0.15) is 61.2 Å². The van der Waals surface area contributed by atoms with E-state index < -0.39 is 29.5 Å². The number of pyridine rings is 1. The molecule has 11 heteroatoms. The predicted octanol–water partition coefficient (Wildman–Crippen LogP) is 4.33. The van der Waals surface area contributed by atoms with Crippen molar-refractivity contribution in [2.75, 3.05) is 12.0 Å². The molecule has 3 aromatic heterocycles. The second-order valence-corrected chi connectivity index (χ2v) is 10.2. The zero-order valence-corrected chi connectivity index (χ0v) is 22.6. The molecule has 1 amide bonds. The van der Waals surface area contributed by atoms with Crippen LogP contribution >= 0.6 is 11.3 Å². The molecule has 4 heterocycles. The zero-order valence-electron chi connectivity index (χ0n) is 21.8. The maximum absolute atomic E-state index is 13.5. The number of carbonyl (C=O) groups is 4. The number of benzene rings is 1. The molecule has 0 saturated carbocycles. The van der Waals surface area contributed by atoms with Gasteiger partial charge in [0.25, 0.3) is 5.78 Å². The van der Waals surface area contributed by atoms with E-state index in [1.807, 2.05) is 19.1 Å². The van der Waals surface area contributed by atoms with E-state index in [4.69, 9.17) is 4.74 Å². The first kappa shape index (κ1) is 26.0. The average molecular weight is 545 g/mol. The topological polar surface area (TPSA) is 131 Å². The van der Waals surface area contributed by atoms with Gasteiger partial charge in [-0.15, -0.1) is 0 Å². The summed E-state index contributed by atoms with van der Waals surface area (Å²) in [5.74, 6) is -3.02. The van der Waals surface area contributed by atoms with Crippen LogP contribution in [0.3, 0.4) is 0 Å². The molecular formula is C28H24N4O6S. The van der Waals surface area contributed by atoms with Gasteiger partial charge in [-0.1, -0.05) is 29.5 Å². The summed E-state index contributed by atoms with van der Waals surface area (Å²) in [7, 11) is 1.27. The van der Waals surface area contributed by atoms with Crippen LogP contribution in [0.2, 0.25) is 0 Å². The summed E-state index contributed by atoms with van der Waals surface area (Å²) in [4.78, 5) is 61.7. The Bertz CT molecular complexity index is 1730. The van der Waals surface area contributed by atoms with Gasteiger partial charge in [0.1, 0.15) is 11.3 Å². The van der Waals surface area contributed by atoms with Crippen LogP contribution in [-0.4, -0.2) is 50.0 Å². The van der Waals surface area contributed by atoms with Crippen molar-refractivity contribution in [2.24, 2.45) is 0 Å². The Hall–Kier alpha value is -4.64. The molecule has 4 aromatic rings. The first-order chi connectivity index (χ1) is 18.5.